The normalized spacial score (nSPS) is 17.6. The molecule has 1 amide bonds. The van der Waals surface area contributed by atoms with Crippen LogP contribution in [0.2, 0.25) is 0 Å². The van der Waals surface area contributed by atoms with Crippen LogP contribution in [0.15, 0.2) is 60.7 Å². The molecule has 1 saturated heterocycles. The van der Waals surface area contributed by atoms with E-state index < -0.39 is 6.10 Å². The number of methoxy groups -OCH3 is 1. The molecule has 0 spiro atoms. The van der Waals surface area contributed by atoms with Gasteiger partial charge in [-0.3, -0.25) is 9.69 Å². The molecule has 0 radical (unpaired) electrons. The van der Waals surface area contributed by atoms with Crippen LogP contribution in [0.4, 0.5) is 0 Å². The molecule has 0 unspecified atom stereocenters. The lowest BCUT2D eigenvalue weighted by Crippen LogP contribution is -2.51. The fraction of sp³-hybridized carbons (Fsp3) is 0.500. The Morgan fingerprint density at radius 3 is 2.55 bits per heavy atom. The summed E-state index contributed by atoms with van der Waals surface area (Å²) in [5, 5.41) is 10.4. The van der Waals surface area contributed by atoms with Gasteiger partial charge in [-0.2, -0.15) is 0 Å². The van der Waals surface area contributed by atoms with Gasteiger partial charge >= 0.3 is 0 Å². The number of nitrogens with zero attached hydrogens (tertiary/aromatic N) is 2. The van der Waals surface area contributed by atoms with Gasteiger partial charge in [0.15, 0.2) is 0 Å². The van der Waals surface area contributed by atoms with Crippen molar-refractivity contribution in [2.45, 2.75) is 25.2 Å². The van der Waals surface area contributed by atoms with Crippen molar-refractivity contribution < 1.29 is 24.1 Å². The van der Waals surface area contributed by atoms with Gasteiger partial charge in [-0.15, -0.1) is 0 Å². The Hall–Kier alpha value is -2.29. The van der Waals surface area contributed by atoms with Gasteiger partial charge in [-0.1, -0.05) is 60.7 Å². The second-order valence-electron chi connectivity index (χ2n) is 8.40. The molecular weight excluding hydrogens is 420 g/mol. The van der Waals surface area contributed by atoms with Gasteiger partial charge < -0.3 is 24.2 Å². The van der Waals surface area contributed by atoms with E-state index in [1.807, 2.05) is 65.6 Å². The van der Waals surface area contributed by atoms with Crippen molar-refractivity contribution in [2.75, 3.05) is 59.7 Å². The number of rotatable bonds is 13. The lowest BCUT2D eigenvalue weighted by Gasteiger charge is -2.36. The van der Waals surface area contributed by atoms with E-state index in [0.717, 1.165) is 17.7 Å². The molecule has 0 aromatic heterocycles. The fourth-order valence-electron chi connectivity index (χ4n) is 3.94. The summed E-state index contributed by atoms with van der Waals surface area (Å²) in [4.78, 5) is 16.9. The van der Waals surface area contributed by atoms with Crippen LogP contribution in [-0.4, -0.2) is 92.7 Å². The number of aliphatic hydroxyl groups is 1. The van der Waals surface area contributed by atoms with E-state index in [4.69, 9.17) is 14.2 Å². The lowest BCUT2D eigenvalue weighted by atomic mass is 10.1. The summed E-state index contributed by atoms with van der Waals surface area (Å²) in [5.41, 5.74) is 2.09. The number of hydrogen-bond donors (Lipinski definition) is 1. The van der Waals surface area contributed by atoms with E-state index in [0.29, 0.717) is 52.4 Å². The van der Waals surface area contributed by atoms with Gasteiger partial charge in [0.05, 0.1) is 45.1 Å². The quantitative estimate of drug-likeness (QED) is 0.497. The van der Waals surface area contributed by atoms with Crippen LogP contribution >= 0.6 is 0 Å². The predicted molar refractivity (Wildman–Crippen MR) is 127 cm³/mol. The Balaban J connectivity index is 1.45. The van der Waals surface area contributed by atoms with Crippen molar-refractivity contribution in [3.63, 3.8) is 0 Å². The van der Waals surface area contributed by atoms with E-state index in [-0.39, 0.29) is 18.6 Å². The molecule has 2 aromatic rings. The van der Waals surface area contributed by atoms with Crippen molar-refractivity contribution in [2.24, 2.45) is 0 Å². The Kier molecular flexibility index (Phi) is 10.8. The summed E-state index contributed by atoms with van der Waals surface area (Å²) in [7, 11) is 1.64. The van der Waals surface area contributed by atoms with Crippen LogP contribution in [0.1, 0.15) is 11.1 Å². The number of hydrogen-bond acceptors (Lipinski definition) is 6. The first kappa shape index (κ1) is 25.3. The Bertz CT molecular complexity index is 805. The SMILES string of the molecule is COCCN(C[C@H]1CN(C[C@H](O)COCc2ccccc2)CCO1)C(=O)Cc1ccccc1. The highest BCUT2D eigenvalue weighted by Gasteiger charge is 2.26. The topological polar surface area (TPSA) is 71.5 Å². The van der Waals surface area contributed by atoms with Crippen molar-refractivity contribution in [3.05, 3.63) is 71.8 Å². The third-order valence-corrected chi connectivity index (χ3v) is 5.65. The Morgan fingerprint density at radius 1 is 1.15 bits per heavy atom. The second kappa shape index (κ2) is 14.1. The smallest absolute Gasteiger partial charge is 0.227 e. The Morgan fingerprint density at radius 2 is 1.85 bits per heavy atom. The van der Waals surface area contributed by atoms with Gasteiger partial charge in [0.1, 0.15) is 0 Å². The van der Waals surface area contributed by atoms with E-state index in [2.05, 4.69) is 4.90 Å². The molecule has 1 heterocycles. The number of amides is 1. The second-order valence-corrected chi connectivity index (χ2v) is 8.40. The van der Waals surface area contributed by atoms with Crippen LogP contribution in [0.5, 0.6) is 0 Å². The molecule has 180 valence electrons. The zero-order valence-electron chi connectivity index (χ0n) is 19.5. The lowest BCUT2D eigenvalue weighted by molar-refractivity contribution is -0.135. The first-order chi connectivity index (χ1) is 16.1. The number of carbonyl (C=O) groups excluding carboxylic acids is 1. The van der Waals surface area contributed by atoms with Crippen molar-refractivity contribution in [3.8, 4) is 0 Å². The summed E-state index contributed by atoms with van der Waals surface area (Å²) in [5.74, 6) is 0.0633. The summed E-state index contributed by atoms with van der Waals surface area (Å²) in [6.07, 6.45) is -0.317. The van der Waals surface area contributed by atoms with E-state index in [1.165, 1.54) is 0 Å². The van der Waals surface area contributed by atoms with E-state index in [9.17, 15) is 9.90 Å². The van der Waals surface area contributed by atoms with Crippen molar-refractivity contribution in [1.82, 2.24) is 9.80 Å². The van der Waals surface area contributed by atoms with Gasteiger partial charge in [0.2, 0.25) is 5.91 Å². The van der Waals surface area contributed by atoms with Crippen molar-refractivity contribution in [1.29, 1.82) is 0 Å². The molecule has 0 bridgehead atoms. The zero-order valence-corrected chi connectivity index (χ0v) is 19.5. The highest BCUT2D eigenvalue weighted by molar-refractivity contribution is 5.78. The number of morpholine rings is 1. The summed E-state index contributed by atoms with van der Waals surface area (Å²) in [6.45, 7) is 4.80. The molecule has 1 aliphatic heterocycles. The zero-order chi connectivity index (χ0) is 23.3. The molecule has 3 rings (SSSR count). The van der Waals surface area contributed by atoms with Gasteiger partial charge in [0, 0.05) is 39.8 Å². The number of aliphatic hydroxyl groups excluding tert-OH is 1. The first-order valence-electron chi connectivity index (χ1n) is 11.6. The highest BCUT2D eigenvalue weighted by atomic mass is 16.5. The maximum absolute atomic E-state index is 12.9. The van der Waals surface area contributed by atoms with Gasteiger partial charge in [-0.25, -0.2) is 0 Å². The number of benzene rings is 2. The molecule has 0 aliphatic carbocycles. The van der Waals surface area contributed by atoms with Gasteiger partial charge in [-0.05, 0) is 11.1 Å². The van der Waals surface area contributed by atoms with Crippen molar-refractivity contribution >= 4 is 5.91 Å². The van der Waals surface area contributed by atoms with Crippen LogP contribution in [-0.2, 0) is 32.0 Å². The number of carbonyl (C=O) groups is 1. The molecule has 2 aromatic carbocycles. The van der Waals surface area contributed by atoms with E-state index >= 15 is 0 Å². The fourth-order valence-corrected chi connectivity index (χ4v) is 3.94. The third kappa shape index (κ3) is 9.23. The summed E-state index contributed by atoms with van der Waals surface area (Å²) >= 11 is 0. The molecule has 33 heavy (non-hydrogen) atoms. The number of ether oxygens (including phenoxy) is 3. The molecule has 0 saturated carbocycles. The molecule has 1 N–H and O–H groups in total. The molecule has 7 nitrogen and oxygen atoms in total. The third-order valence-electron chi connectivity index (χ3n) is 5.65. The molecule has 2 atom stereocenters. The Labute approximate surface area is 196 Å². The van der Waals surface area contributed by atoms with Crippen LogP contribution in [0.3, 0.4) is 0 Å². The van der Waals surface area contributed by atoms with Gasteiger partial charge in [0.25, 0.3) is 0 Å². The standard InChI is InChI=1S/C26H36N2O5/c1-31-14-13-28(26(30)16-22-8-4-2-5-9-22)19-25-18-27(12-15-33-25)17-24(29)21-32-20-23-10-6-3-7-11-23/h2-11,24-25,29H,12-21H2,1H3/t24-,25+/m0/s1. The van der Waals surface area contributed by atoms with Crippen LogP contribution < -0.4 is 0 Å². The molecule has 1 aliphatic rings. The maximum atomic E-state index is 12.9. The van der Waals surface area contributed by atoms with E-state index in [1.54, 1.807) is 7.11 Å². The number of β-amino-alcohol motifs (C(OH)–C–C–N with tert-alkyl or cyclic N) is 1. The largest absolute Gasteiger partial charge is 0.389 e. The minimum atomic E-state index is -0.572. The molecule has 1 fully saturated rings. The first-order valence-corrected chi connectivity index (χ1v) is 11.6. The summed E-state index contributed by atoms with van der Waals surface area (Å²) < 4.78 is 16.8. The monoisotopic (exact) mass is 456 g/mol. The summed E-state index contributed by atoms with van der Waals surface area (Å²) in [6, 6.07) is 19.7. The highest BCUT2D eigenvalue weighted by Crippen LogP contribution is 2.11. The molecule has 7 heteroatoms. The molecular formula is C26H36N2O5. The van der Waals surface area contributed by atoms with Crippen LogP contribution in [0.25, 0.3) is 0 Å². The average Bonchev–Trinajstić information content (AvgIpc) is 2.83. The van der Waals surface area contributed by atoms with Crippen LogP contribution in [0, 0.1) is 0 Å². The average molecular weight is 457 g/mol. The minimum Gasteiger partial charge on any atom is -0.389 e. The predicted octanol–water partition coefficient (Wildman–Crippen LogP) is 1.98. The minimum absolute atomic E-state index is 0.0633. The maximum Gasteiger partial charge on any atom is 0.227 e.